The summed E-state index contributed by atoms with van der Waals surface area (Å²) in [6, 6.07) is 7.86. The molecule has 1 aromatic rings. The van der Waals surface area contributed by atoms with Gasteiger partial charge < -0.3 is 15.2 Å². The minimum atomic E-state index is -0.756. The fourth-order valence-electron chi connectivity index (χ4n) is 2.62. The van der Waals surface area contributed by atoms with Crippen molar-refractivity contribution in [2.75, 3.05) is 27.4 Å². The van der Waals surface area contributed by atoms with Crippen LogP contribution in [0, 0.1) is 6.92 Å². The maximum Gasteiger partial charge on any atom is 0.317 e. The second kappa shape index (κ2) is 8.02. The van der Waals surface area contributed by atoms with Crippen LogP contribution in [0.2, 0.25) is 0 Å². The zero-order valence-corrected chi connectivity index (χ0v) is 12.6. The average Bonchev–Trinajstić information content (AvgIpc) is 2.48. The Morgan fingerprint density at radius 3 is 2.50 bits per heavy atom. The number of benzene rings is 1. The summed E-state index contributed by atoms with van der Waals surface area (Å²) in [5.74, 6) is -0.258. The first-order valence-corrected chi connectivity index (χ1v) is 6.96. The molecule has 0 aliphatic rings. The molecule has 0 saturated carbocycles. The summed E-state index contributed by atoms with van der Waals surface area (Å²) in [6.07, 6.45) is 2.44. The van der Waals surface area contributed by atoms with Crippen molar-refractivity contribution >= 4 is 5.97 Å². The molecule has 0 saturated heterocycles. The van der Waals surface area contributed by atoms with E-state index in [0.717, 1.165) is 24.0 Å². The average molecular weight is 279 g/mol. The predicted octanol–water partition coefficient (Wildman–Crippen LogP) is 2.18. The van der Waals surface area contributed by atoms with Gasteiger partial charge in [0, 0.05) is 20.3 Å². The quantitative estimate of drug-likeness (QED) is 0.585. The Bertz CT molecular complexity index is 433. The van der Waals surface area contributed by atoms with Crippen molar-refractivity contribution < 1.29 is 14.3 Å². The zero-order chi connectivity index (χ0) is 15.0. The molecule has 1 aromatic carbocycles. The van der Waals surface area contributed by atoms with Crippen LogP contribution in [0.25, 0.3) is 0 Å². The summed E-state index contributed by atoms with van der Waals surface area (Å²) in [7, 11) is 3.10. The van der Waals surface area contributed by atoms with E-state index in [1.165, 1.54) is 7.11 Å². The number of nitrogens with two attached hydrogens (primary N) is 1. The van der Waals surface area contributed by atoms with Crippen LogP contribution in [-0.4, -0.2) is 33.3 Å². The molecule has 0 heterocycles. The van der Waals surface area contributed by atoms with Crippen LogP contribution in [0.3, 0.4) is 0 Å². The standard InChI is InChI=1S/C16H25NO3/c1-13-8-4-5-9-14(13)16(12-17,15(18)20-3)10-6-7-11-19-2/h4-5,8-9H,6-7,10-12,17H2,1-3H3. The van der Waals surface area contributed by atoms with Crippen LogP contribution in [-0.2, 0) is 19.7 Å². The molecule has 0 aliphatic carbocycles. The third-order valence-corrected chi connectivity index (χ3v) is 3.79. The van der Waals surface area contributed by atoms with E-state index in [0.29, 0.717) is 13.0 Å². The van der Waals surface area contributed by atoms with Gasteiger partial charge in [-0.3, -0.25) is 4.79 Å². The molecule has 0 radical (unpaired) electrons. The van der Waals surface area contributed by atoms with Gasteiger partial charge in [-0.15, -0.1) is 0 Å². The minimum Gasteiger partial charge on any atom is -0.468 e. The van der Waals surface area contributed by atoms with E-state index in [9.17, 15) is 4.79 Å². The molecule has 4 heteroatoms. The highest BCUT2D eigenvalue weighted by molar-refractivity contribution is 5.84. The van der Waals surface area contributed by atoms with Gasteiger partial charge in [-0.1, -0.05) is 24.3 Å². The molecule has 1 unspecified atom stereocenters. The molecule has 0 bridgehead atoms. The number of unbranched alkanes of at least 4 members (excludes halogenated alkanes) is 1. The van der Waals surface area contributed by atoms with E-state index < -0.39 is 5.41 Å². The Morgan fingerprint density at radius 1 is 1.25 bits per heavy atom. The van der Waals surface area contributed by atoms with E-state index >= 15 is 0 Å². The lowest BCUT2D eigenvalue weighted by Gasteiger charge is -2.31. The van der Waals surface area contributed by atoms with E-state index in [1.807, 2.05) is 31.2 Å². The molecule has 1 atom stereocenters. The number of esters is 1. The Kier molecular flexibility index (Phi) is 6.68. The topological polar surface area (TPSA) is 61.5 Å². The second-order valence-corrected chi connectivity index (χ2v) is 5.04. The van der Waals surface area contributed by atoms with Crippen molar-refractivity contribution in [1.29, 1.82) is 0 Å². The number of carbonyl (C=O) groups excluding carboxylic acids is 1. The summed E-state index contributed by atoms with van der Waals surface area (Å²) >= 11 is 0. The van der Waals surface area contributed by atoms with Crippen molar-refractivity contribution in [1.82, 2.24) is 0 Å². The summed E-state index contributed by atoms with van der Waals surface area (Å²) in [6.45, 7) is 2.94. The highest BCUT2D eigenvalue weighted by Crippen LogP contribution is 2.32. The Balaban J connectivity index is 3.06. The molecular weight excluding hydrogens is 254 g/mol. The van der Waals surface area contributed by atoms with Crippen LogP contribution in [0.4, 0.5) is 0 Å². The predicted molar refractivity (Wildman–Crippen MR) is 79.7 cm³/mol. The zero-order valence-electron chi connectivity index (χ0n) is 12.6. The molecule has 2 N–H and O–H groups in total. The monoisotopic (exact) mass is 279 g/mol. The summed E-state index contributed by atoms with van der Waals surface area (Å²) in [5.41, 5.74) is 7.24. The first kappa shape index (κ1) is 16.7. The van der Waals surface area contributed by atoms with Crippen LogP contribution in [0.5, 0.6) is 0 Å². The van der Waals surface area contributed by atoms with Crippen molar-refractivity contribution in [2.24, 2.45) is 5.73 Å². The van der Waals surface area contributed by atoms with Crippen molar-refractivity contribution in [3.8, 4) is 0 Å². The van der Waals surface area contributed by atoms with E-state index in [2.05, 4.69) is 0 Å². The molecule has 0 aromatic heterocycles. The van der Waals surface area contributed by atoms with Gasteiger partial charge in [-0.2, -0.15) is 0 Å². The highest BCUT2D eigenvalue weighted by Gasteiger charge is 2.40. The first-order valence-electron chi connectivity index (χ1n) is 6.96. The smallest absolute Gasteiger partial charge is 0.317 e. The number of rotatable bonds is 8. The minimum absolute atomic E-state index is 0.248. The number of hydrogen-bond donors (Lipinski definition) is 1. The van der Waals surface area contributed by atoms with Crippen LogP contribution in [0.15, 0.2) is 24.3 Å². The van der Waals surface area contributed by atoms with Crippen molar-refractivity contribution in [3.05, 3.63) is 35.4 Å². The van der Waals surface area contributed by atoms with Gasteiger partial charge in [-0.05, 0) is 37.3 Å². The van der Waals surface area contributed by atoms with Crippen molar-refractivity contribution in [3.63, 3.8) is 0 Å². The first-order chi connectivity index (χ1) is 9.62. The number of ether oxygens (including phenoxy) is 2. The van der Waals surface area contributed by atoms with Crippen LogP contribution < -0.4 is 5.73 Å². The van der Waals surface area contributed by atoms with Crippen LogP contribution in [0.1, 0.15) is 30.4 Å². The molecule has 0 aliphatic heterocycles. The van der Waals surface area contributed by atoms with Crippen LogP contribution >= 0.6 is 0 Å². The van der Waals surface area contributed by atoms with E-state index in [1.54, 1.807) is 7.11 Å². The third-order valence-electron chi connectivity index (χ3n) is 3.79. The fraction of sp³-hybridized carbons (Fsp3) is 0.562. The van der Waals surface area contributed by atoms with Crippen molar-refractivity contribution in [2.45, 2.75) is 31.6 Å². The molecule has 0 spiro atoms. The lowest BCUT2D eigenvalue weighted by atomic mass is 9.74. The van der Waals surface area contributed by atoms with E-state index in [-0.39, 0.29) is 12.5 Å². The van der Waals surface area contributed by atoms with Gasteiger partial charge in [0.05, 0.1) is 7.11 Å². The summed E-state index contributed by atoms with van der Waals surface area (Å²) < 4.78 is 10.1. The summed E-state index contributed by atoms with van der Waals surface area (Å²) in [5, 5.41) is 0. The third kappa shape index (κ3) is 3.58. The van der Waals surface area contributed by atoms with Gasteiger partial charge in [0.2, 0.25) is 0 Å². The second-order valence-electron chi connectivity index (χ2n) is 5.04. The molecule has 1 rings (SSSR count). The molecule has 20 heavy (non-hydrogen) atoms. The van der Waals surface area contributed by atoms with E-state index in [4.69, 9.17) is 15.2 Å². The number of carbonyl (C=O) groups is 1. The van der Waals surface area contributed by atoms with Gasteiger partial charge >= 0.3 is 5.97 Å². The Labute approximate surface area is 121 Å². The molecule has 0 fully saturated rings. The molecular formula is C16H25NO3. The lowest BCUT2D eigenvalue weighted by molar-refractivity contribution is -0.147. The van der Waals surface area contributed by atoms with Gasteiger partial charge in [0.1, 0.15) is 5.41 Å². The highest BCUT2D eigenvalue weighted by atomic mass is 16.5. The van der Waals surface area contributed by atoms with Gasteiger partial charge in [0.15, 0.2) is 0 Å². The number of aryl methyl sites for hydroxylation is 1. The maximum atomic E-state index is 12.3. The Hall–Kier alpha value is -1.39. The molecule has 4 nitrogen and oxygen atoms in total. The maximum absolute atomic E-state index is 12.3. The fourth-order valence-corrected chi connectivity index (χ4v) is 2.62. The normalized spacial score (nSPS) is 13.8. The Morgan fingerprint density at radius 2 is 1.95 bits per heavy atom. The molecule has 112 valence electrons. The summed E-state index contributed by atoms with van der Waals surface area (Å²) in [4.78, 5) is 12.3. The SMILES string of the molecule is COCCCCC(CN)(C(=O)OC)c1ccccc1C. The largest absolute Gasteiger partial charge is 0.468 e. The number of methoxy groups -OCH3 is 2. The van der Waals surface area contributed by atoms with Gasteiger partial charge in [-0.25, -0.2) is 0 Å². The lowest BCUT2D eigenvalue weighted by Crippen LogP contribution is -2.44. The number of hydrogen-bond acceptors (Lipinski definition) is 4. The van der Waals surface area contributed by atoms with Gasteiger partial charge in [0.25, 0.3) is 0 Å². The molecule has 0 amide bonds.